The number of nitrogens with one attached hydrogen (secondary N) is 1. The number of ether oxygens (including phenoxy) is 1. The first-order valence-electron chi connectivity index (χ1n) is 6.71. The van der Waals surface area contributed by atoms with E-state index in [-0.39, 0.29) is 34.2 Å². The number of methoxy groups -OCH3 is 1. The number of hydrogen-bond donors (Lipinski definition) is 1. The number of thiocarbonyl (C=S) groups is 1. The Balaban J connectivity index is 2.52. The molecule has 2 amide bonds. The SMILES string of the molecule is C=CCN1C(=O)/C(=C/c2cc([N+](=O)[O-])ccc2OC)C(=O)NC1=S. The molecule has 0 aliphatic carbocycles. The summed E-state index contributed by atoms with van der Waals surface area (Å²) in [7, 11) is 1.38. The molecule has 0 saturated carbocycles. The van der Waals surface area contributed by atoms with Gasteiger partial charge in [0.05, 0.1) is 12.0 Å². The van der Waals surface area contributed by atoms with Gasteiger partial charge in [0.2, 0.25) is 0 Å². The van der Waals surface area contributed by atoms with E-state index in [0.717, 1.165) is 0 Å². The average Bonchev–Trinajstić information content (AvgIpc) is 2.55. The van der Waals surface area contributed by atoms with E-state index in [9.17, 15) is 19.7 Å². The molecule has 1 heterocycles. The molecule has 0 unspecified atom stereocenters. The number of hydrogen-bond acceptors (Lipinski definition) is 6. The van der Waals surface area contributed by atoms with Crippen molar-refractivity contribution in [1.82, 2.24) is 10.2 Å². The Morgan fingerprint density at radius 3 is 2.75 bits per heavy atom. The molecule has 0 radical (unpaired) electrons. The van der Waals surface area contributed by atoms with Crippen molar-refractivity contribution in [2.24, 2.45) is 0 Å². The van der Waals surface area contributed by atoms with Crippen molar-refractivity contribution < 1.29 is 19.2 Å². The van der Waals surface area contributed by atoms with Gasteiger partial charge in [0.25, 0.3) is 17.5 Å². The molecule has 0 spiro atoms. The smallest absolute Gasteiger partial charge is 0.270 e. The molecule has 1 N–H and O–H groups in total. The molecule has 9 heteroatoms. The van der Waals surface area contributed by atoms with Crippen molar-refractivity contribution in [1.29, 1.82) is 0 Å². The Kier molecular flexibility index (Phi) is 5.05. The van der Waals surface area contributed by atoms with Crippen molar-refractivity contribution in [3.63, 3.8) is 0 Å². The maximum Gasteiger partial charge on any atom is 0.270 e. The van der Waals surface area contributed by atoms with Crippen molar-refractivity contribution in [3.8, 4) is 5.75 Å². The number of carbonyl (C=O) groups excluding carboxylic acids is 2. The van der Waals surface area contributed by atoms with Gasteiger partial charge in [0.1, 0.15) is 11.3 Å². The van der Waals surface area contributed by atoms with Crippen LogP contribution in [-0.2, 0) is 9.59 Å². The first kappa shape index (κ1) is 17.3. The molecule has 124 valence electrons. The van der Waals surface area contributed by atoms with E-state index in [1.54, 1.807) is 0 Å². The van der Waals surface area contributed by atoms with Crippen molar-refractivity contribution in [3.05, 3.63) is 52.1 Å². The predicted octanol–water partition coefficient (Wildman–Crippen LogP) is 1.42. The van der Waals surface area contributed by atoms with Crippen LogP contribution in [0, 0.1) is 10.1 Å². The number of nitro groups is 1. The van der Waals surface area contributed by atoms with Gasteiger partial charge in [-0.05, 0) is 24.4 Å². The van der Waals surface area contributed by atoms with Crippen LogP contribution < -0.4 is 10.1 Å². The lowest BCUT2D eigenvalue weighted by Gasteiger charge is -2.27. The minimum atomic E-state index is -0.682. The number of nitrogens with zero attached hydrogens (tertiary/aromatic N) is 2. The third kappa shape index (κ3) is 3.30. The van der Waals surface area contributed by atoms with Crippen LogP contribution in [-0.4, -0.2) is 40.4 Å². The van der Waals surface area contributed by atoms with Gasteiger partial charge >= 0.3 is 0 Å². The molecule has 1 aromatic rings. The molecule has 0 aromatic heterocycles. The van der Waals surface area contributed by atoms with Crippen LogP contribution in [0.2, 0.25) is 0 Å². The van der Waals surface area contributed by atoms with Crippen LogP contribution >= 0.6 is 12.2 Å². The number of rotatable bonds is 5. The Morgan fingerprint density at radius 2 is 2.17 bits per heavy atom. The molecule has 1 saturated heterocycles. The standard InChI is InChI=1S/C15H13N3O5S/c1-3-6-17-14(20)11(13(19)16-15(17)24)8-9-7-10(18(21)22)4-5-12(9)23-2/h3-5,7-8H,1,6H2,2H3,(H,16,19,24)/b11-8+. The molecular weight excluding hydrogens is 334 g/mol. The molecule has 1 fully saturated rings. The lowest BCUT2D eigenvalue weighted by atomic mass is 10.1. The van der Waals surface area contributed by atoms with E-state index in [1.165, 1.54) is 42.4 Å². The van der Waals surface area contributed by atoms with Crippen LogP contribution in [0.5, 0.6) is 5.75 Å². The van der Waals surface area contributed by atoms with E-state index in [4.69, 9.17) is 17.0 Å². The van der Waals surface area contributed by atoms with Gasteiger partial charge < -0.3 is 4.74 Å². The van der Waals surface area contributed by atoms with Gasteiger partial charge in [-0.2, -0.15) is 0 Å². The zero-order valence-electron chi connectivity index (χ0n) is 12.6. The van der Waals surface area contributed by atoms with Crippen LogP contribution in [0.25, 0.3) is 6.08 Å². The van der Waals surface area contributed by atoms with Gasteiger partial charge in [0.15, 0.2) is 5.11 Å². The van der Waals surface area contributed by atoms with Crippen molar-refractivity contribution in [2.45, 2.75) is 0 Å². The topological polar surface area (TPSA) is 102 Å². The normalized spacial score (nSPS) is 16.1. The molecule has 1 aromatic carbocycles. The van der Waals surface area contributed by atoms with E-state index in [0.29, 0.717) is 0 Å². The number of non-ortho nitro benzene ring substituents is 1. The summed E-state index contributed by atoms with van der Waals surface area (Å²) >= 11 is 4.95. The van der Waals surface area contributed by atoms with E-state index < -0.39 is 16.7 Å². The zero-order valence-corrected chi connectivity index (χ0v) is 13.5. The molecule has 2 rings (SSSR count). The summed E-state index contributed by atoms with van der Waals surface area (Å²) in [5, 5.41) is 13.3. The molecule has 1 aliphatic heterocycles. The van der Waals surface area contributed by atoms with E-state index in [2.05, 4.69) is 11.9 Å². The summed E-state index contributed by atoms with van der Waals surface area (Å²) in [6.07, 6.45) is 2.70. The van der Waals surface area contributed by atoms with Crippen LogP contribution in [0.4, 0.5) is 5.69 Å². The van der Waals surface area contributed by atoms with Crippen molar-refractivity contribution in [2.75, 3.05) is 13.7 Å². The van der Waals surface area contributed by atoms with Gasteiger partial charge in [0, 0.05) is 24.2 Å². The number of amides is 2. The fraction of sp³-hybridized carbons (Fsp3) is 0.133. The van der Waals surface area contributed by atoms with Crippen LogP contribution in [0.15, 0.2) is 36.4 Å². The number of nitro benzene ring substituents is 1. The highest BCUT2D eigenvalue weighted by atomic mass is 32.1. The number of carbonyl (C=O) groups is 2. The minimum Gasteiger partial charge on any atom is -0.496 e. The van der Waals surface area contributed by atoms with Gasteiger partial charge in [-0.15, -0.1) is 6.58 Å². The maximum absolute atomic E-state index is 12.4. The van der Waals surface area contributed by atoms with Crippen LogP contribution in [0.3, 0.4) is 0 Å². The Labute approximate surface area is 142 Å². The molecule has 0 atom stereocenters. The average molecular weight is 347 g/mol. The van der Waals surface area contributed by atoms with E-state index >= 15 is 0 Å². The molecule has 24 heavy (non-hydrogen) atoms. The highest BCUT2D eigenvalue weighted by Gasteiger charge is 2.32. The van der Waals surface area contributed by atoms with Gasteiger partial charge in [-0.3, -0.25) is 29.9 Å². The molecule has 0 bridgehead atoms. The Morgan fingerprint density at radius 1 is 1.46 bits per heavy atom. The Hall–Kier alpha value is -3.07. The summed E-state index contributed by atoms with van der Waals surface area (Å²) in [6, 6.07) is 3.88. The fourth-order valence-corrected chi connectivity index (χ4v) is 2.34. The molecule has 8 nitrogen and oxygen atoms in total. The summed E-state index contributed by atoms with van der Waals surface area (Å²) in [4.78, 5) is 36.0. The second-order valence-electron chi connectivity index (χ2n) is 4.71. The lowest BCUT2D eigenvalue weighted by molar-refractivity contribution is -0.384. The second kappa shape index (κ2) is 7.01. The first-order valence-corrected chi connectivity index (χ1v) is 7.12. The zero-order chi connectivity index (χ0) is 17.9. The highest BCUT2D eigenvalue weighted by molar-refractivity contribution is 7.80. The lowest BCUT2D eigenvalue weighted by Crippen LogP contribution is -2.53. The summed E-state index contributed by atoms with van der Waals surface area (Å²) < 4.78 is 5.12. The quantitative estimate of drug-likeness (QED) is 0.216. The molecule has 1 aliphatic rings. The molecular formula is C15H13N3O5S. The fourth-order valence-electron chi connectivity index (χ4n) is 2.09. The van der Waals surface area contributed by atoms with Crippen molar-refractivity contribution >= 4 is 40.9 Å². The second-order valence-corrected chi connectivity index (χ2v) is 5.09. The van der Waals surface area contributed by atoms with Gasteiger partial charge in [-0.25, -0.2) is 0 Å². The monoisotopic (exact) mass is 347 g/mol. The number of benzene rings is 1. The largest absolute Gasteiger partial charge is 0.496 e. The predicted molar refractivity (Wildman–Crippen MR) is 90.3 cm³/mol. The van der Waals surface area contributed by atoms with Gasteiger partial charge in [-0.1, -0.05) is 6.08 Å². The maximum atomic E-state index is 12.4. The summed E-state index contributed by atoms with van der Waals surface area (Å²) in [5.74, 6) is -1.01. The summed E-state index contributed by atoms with van der Waals surface area (Å²) in [6.45, 7) is 3.66. The summed E-state index contributed by atoms with van der Waals surface area (Å²) in [5.41, 5.74) is -0.161. The third-order valence-corrected chi connectivity index (χ3v) is 3.54. The highest BCUT2D eigenvalue weighted by Crippen LogP contribution is 2.27. The van der Waals surface area contributed by atoms with E-state index in [1.807, 2.05) is 0 Å². The minimum absolute atomic E-state index is 0.0203. The third-order valence-electron chi connectivity index (χ3n) is 3.22. The van der Waals surface area contributed by atoms with Crippen LogP contribution in [0.1, 0.15) is 5.56 Å². The first-order chi connectivity index (χ1) is 11.4. The Bertz CT molecular complexity index is 787.